The lowest BCUT2D eigenvalue weighted by atomic mass is 9.81. The van der Waals surface area contributed by atoms with E-state index in [4.69, 9.17) is 9.84 Å². The van der Waals surface area contributed by atoms with Crippen molar-refractivity contribution >= 4 is 22.8 Å². The fourth-order valence-corrected chi connectivity index (χ4v) is 3.91. The number of nitrogens with one attached hydrogen (secondary N) is 2. The maximum atomic E-state index is 12.7. The third-order valence-corrected chi connectivity index (χ3v) is 5.47. The van der Waals surface area contributed by atoms with Crippen LogP contribution in [0.4, 0.5) is 0 Å². The van der Waals surface area contributed by atoms with Crippen LogP contribution in [-0.4, -0.2) is 68.7 Å². The first-order chi connectivity index (χ1) is 15.2. The fourth-order valence-electron chi connectivity index (χ4n) is 3.91. The summed E-state index contributed by atoms with van der Waals surface area (Å²) in [5.41, 5.74) is 1.37. The van der Waals surface area contributed by atoms with E-state index in [0.29, 0.717) is 38.0 Å². The monoisotopic (exact) mass is 425 g/mol. The lowest BCUT2D eigenvalue weighted by Gasteiger charge is -2.24. The lowest BCUT2D eigenvalue weighted by molar-refractivity contribution is -0.116. The molecule has 0 bridgehead atoms. The minimum atomic E-state index is -0.0847. The lowest BCUT2D eigenvalue weighted by Crippen LogP contribution is -2.30. The van der Waals surface area contributed by atoms with Gasteiger partial charge >= 0.3 is 0 Å². The number of aliphatic imine (C=N–C) groups is 1. The molecule has 0 fully saturated rings. The van der Waals surface area contributed by atoms with Crippen LogP contribution >= 0.6 is 0 Å². The summed E-state index contributed by atoms with van der Waals surface area (Å²) in [6, 6.07) is 11.9. The predicted molar refractivity (Wildman–Crippen MR) is 123 cm³/mol. The Balaban J connectivity index is 1.62. The van der Waals surface area contributed by atoms with Crippen LogP contribution in [-0.2, 0) is 4.79 Å². The first kappa shape index (κ1) is 22.9. The van der Waals surface area contributed by atoms with Crippen LogP contribution in [0.25, 0.3) is 10.8 Å². The van der Waals surface area contributed by atoms with E-state index in [1.807, 2.05) is 36.4 Å². The second-order valence-electron chi connectivity index (χ2n) is 7.55. The maximum absolute atomic E-state index is 12.7. The third kappa shape index (κ3) is 5.91. The second-order valence-corrected chi connectivity index (χ2v) is 7.55. The van der Waals surface area contributed by atoms with Gasteiger partial charge in [0.25, 0.3) is 0 Å². The molecule has 1 aliphatic rings. The van der Waals surface area contributed by atoms with Gasteiger partial charge in [-0.1, -0.05) is 30.3 Å². The van der Waals surface area contributed by atoms with Crippen molar-refractivity contribution in [2.24, 2.45) is 4.99 Å². The minimum Gasteiger partial charge on any atom is -0.511 e. The number of benzene rings is 2. The number of aliphatic hydroxyl groups excluding tert-OH is 2. The van der Waals surface area contributed by atoms with E-state index in [2.05, 4.69) is 15.6 Å². The van der Waals surface area contributed by atoms with Crippen LogP contribution in [0.2, 0.25) is 0 Å². The zero-order valence-corrected chi connectivity index (χ0v) is 17.9. The standard InChI is InChI=1S/C24H31N3O4/c1-31-24-7-6-18(19-4-2-3-5-20(19)24)17-14-22(29)21(23(30)15-17)16-27-11-10-25-8-9-26-12-13-28/h2-7,16-17,25-26,28-29H,8-15H2,1H3. The molecule has 1 unspecified atom stereocenters. The highest BCUT2D eigenvalue weighted by Crippen LogP contribution is 2.39. The molecule has 1 aliphatic carbocycles. The van der Waals surface area contributed by atoms with Crippen molar-refractivity contribution in [2.45, 2.75) is 18.8 Å². The van der Waals surface area contributed by atoms with Crippen molar-refractivity contribution in [3.8, 4) is 5.75 Å². The Morgan fingerprint density at radius 3 is 2.52 bits per heavy atom. The van der Waals surface area contributed by atoms with E-state index in [-0.39, 0.29) is 24.1 Å². The number of fused-ring (bicyclic) bond motifs is 1. The van der Waals surface area contributed by atoms with Gasteiger partial charge in [-0.3, -0.25) is 9.79 Å². The normalized spacial score (nSPS) is 17.1. The summed E-state index contributed by atoms with van der Waals surface area (Å²) in [7, 11) is 1.65. The molecule has 7 nitrogen and oxygen atoms in total. The summed E-state index contributed by atoms with van der Waals surface area (Å²) < 4.78 is 5.46. The molecule has 0 amide bonds. The number of hydrogen-bond donors (Lipinski definition) is 4. The van der Waals surface area contributed by atoms with Crippen molar-refractivity contribution in [2.75, 3.05) is 46.4 Å². The summed E-state index contributed by atoms with van der Waals surface area (Å²) in [6.45, 7) is 3.47. The Morgan fingerprint density at radius 1 is 1.06 bits per heavy atom. The molecule has 0 spiro atoms. The Hall–Kier alpha value is -2.74. The number of Topliss-reactive ketones (excluding diaryl/α,β-unsaturated/α-hetero) is 1. The van der Waals surface area contributed by atoms with E-state index in [0.717, 1.165) is 35.2 Å². The van der Waals surface area contributed by atoms with Crippen LogP contribution in [0, 0.1) is 0 Å². The van der Waals surface area contributed by atoms with Gasteiger partial charge in [0.05, 0.1) is 25.8 Å². The molecule has 2 aromatic rings. The SMILES string of the molecule is COc1ccc(C2CC(=O)C(C=NCCNCCNCCO)=C(O)C2)c2ccccc12. The maximum Gasteiger partial charge on any atom is 0.168 e. The van der Waals surface area contributed by atoms with Crippen molar-refractivity contribution in [3.63, 3.8) is 0 Å². The molecule has 166 valence electrons. The smallest absolute Gasteiger partial charge is 0.168 e. The van der Waals surface area contributed by atoms with E-state index < -0.39 is 0 Å². The van der Waals surface area contributed by atoms with Crippen LogP contribution in [0.3, 0.4) is 0 Å². The molecular weight excluding hydrogens is 394 g/mol. The Labute approximate surface area is 182 Å². The molecule has 1 atom stereocenters. The molecule has 0 radical (unpaired) electrons. The molecule has 31 heavy (non-hydrogen) atoms. The van der Waals surface area contributed by atoms with Crippen LogP contribution < -0.4 is 15.4 Å². The van der Waals surface area contributed by atoms with E-state index in [1.54, 1.807) is 7.11 Å². The van der Waals surface area contributed by atoms with Crippen molar-refractivity contribution in [3.05, 3.63) is 53.3 Å². The number of allylic oxidation sites excluding steroid dienone is 2. The van der Waals surface area contributed by atoms with Gasteiger partial charge < -0.3 is 25.6 Å². The Kier molecular flexibility index (Phi) is 8.58. The summed E-state index contributed by atoms with van der Waals surface area (Å²) >= 11 is 0. The van der Waals surface area contributed by atoms with E-state index in [1.165, 1.54) is 6.21 Å². The zero-order chi connectivity index (χ0) is 22.1. The van der Waals surface area contributed by atoms with Gasteiger partial charge in [0.15, 0.2) is 5.78 Å². The summed E-state index contributed by atoms with van der Waals surface area (Å²) in [5.74, 6) is 0.741. The first-order valence-corrected chi connectivity index (χ1v) is 10.7. The molecule has 0 aliphatic heterocycles. The number of carbonyl (C=O) groups excluding carboxylic acids is 1. The number of nitrogens with zero attached hydrogens (tertiary/aromatic N) is 1. The molecule has 0 heterocycles. The van der Waals surface area contributed by atoms with Gasteiger partial charge in [0.1, 0.15) is 11.5 Å². The Bertz CT molecular complexity index is 955. The summed E-state index contributed by atoms with van der Waals surface area (Å²) in [6.07, 6.45) is 2.26. The number of ketones is 1. The molecule has 7 heteroatoms. The molecule has 3 rings (SSSR count). The van der Waals surface area contributed by atoms with Gasteiger partial charge in [-0.05, 0) is 22.9 Å². The predicted octanol–water partition coefficient (Wildman–Crippen LogP) is 2.35. The number of rotatable bonds is 11. The van der Waals surface area contributed by atoms with Crippen molar-refractivity contribution in [1.29, 1.82) is 0 Å². The van der Waals surface area contributed by atoms with Gasteiger partial charge in [0, 0.05) is 50.6 Å². The van der Waals surface area contributed by atoms with Crippen molar-refractivity contribution < 1.29 is 19.7 Å². The second kappa shape index (κ2) is 11.6. The molecule has 2 aromatic carbocycles. The van der Waals surface area contributed by atoms with E-state index >= 15 is 0 Å². The van der Waals surface area contributed by atoms with Gasteiger partial charge in [0.2, 0.25) is 0 Å². The molecular formula is C24H31N3O4. The molecule has 0 saturated heterocycles. The number of aliphatic hydroxyl groups is 2. The summed E-state index contributed by atoms with van der Waals surface area (Å²) in [4.78, 5) is 17.0. The van der Waals surface area contributed by atoms with Crippen LogP contribution in [0.5, 0.6) is 5.75 Å². The average molecular weight is 426 g/mol. The fraction of sp³-hybridized carbons (Fsp3) is 0.417. The van der Waals surface area contributed by atoms with Crippen LogP contribution in [0.15, 0.2) is 52.7 Å². The number of carbonyl (C=O) groups is 1. The minimum absolute atomic E-state index is 0.0754. The van der Waals surface area contributed by atoms with Crippen LogP contribution in [0.1, 0.15) is 24.3 Å². The highest BCUT2D eigenvalue weighted by atomic mass is 16.5. The number of ether oxygens (including phenoxy) is 1. The highest BCUT2D eigenvalue weighted by molar-refractivity contribution is 6.14. The molecule has 0 aromatic heterocycles. The molecule has 0 saturated carbocycles. The average Bonchev–Trinajstić information content (AvgIpc) is 2.78. The number of methoxy groups -OCH3 is 1. The largest absolute Gasteiger partial charge is 0.511 e. The quantitative estimate of drug-likeness (QED) is 0.326. The zero-order valence-electron chi connectivity index (χ0n) is 17.9. The topological polar surface area (TPSA) is 103 Å². The molecule has 4 N–H and O–H groups in total. The number of hydrogen-bond acceptors (Lipinski definition) is 7. The first-order valence-electron chi connectivity index (χ1n) is 10.7. The highest BCUT2D eigenvalue weighted by Gasteiger charge is 2.29. The summed E-state index contributed by atoms with van der Waals surface area (Å²) in [5, 5.41) is 27.6. The van der Waals surface area contributed by atoms with E-state index in [9.17, 15) is 9.90 Å². The third-order valence-electron chi connectivity index (χ3n) is 5.47. The Morgan fingerprint density at radius 2 is 1.81 bits per heavy atom. The van der Waals surface area contributed by atoms with Gasteiger partial charge in [-0.15, -0.1) is 0 Å². The van der Waals surface area contributed by atoms with Crippen molar-refractivity contribution in [1.82, 2.24) is 10.6 Å². The van der Waals surface area contributed by atoms with Gasteiger partial charge in [-0.2, -0.15) is 0 Å². The van der Waals surface area contributed by atoms with Gasteiger partial charge in [-0.25, -0.2) is 0 Å².